The normalized spacial score (nSPS) is 24.0. The zero-order chi connectivity index (χ0) is 31.6. The van der Waals surface area contributed by atoms with Crippen LogP contribution in [0.25, 0.3) is 0 Å². The Morgan fingerprint density at radius 2 is 1.93 bits per heavy atom. The van der Waals surface area contributed by atoms with Crippen LogP contribution in [0.3, 0.4) is 0 Å². The molecule has 1 amide bonds. The minimum absolute atomic E-state index is 0.0259. The maximum atomic E-state index is 13.1. The third-order valence-corrected chi connectivity index (χ3v) is 9.75. The first-order chi connectivity index (χ1) is 20.4. The number of piperidine rings is 1. The molecule has 1 aromatic carbocycles. The molecule has 0 radical (unpaired) electrons. The molecule has 3 rings (SSSR count). The molecule has 10 heteroatoms. The Kier molecular flexibility index (Phi) is 13.1. The second-order valence-electron chi connectivity index (χ2n) is 11.5. The van der Waals surface area contributed by atoms with Crippen molar-refractivity contribution in [2.45, 2.75) is 91.5 Å². The van der Waals surface area contributed by atoms with Crippen molar-refractivity contribution in [1.29, 1.82) is 0 Å². The van der Waals surface area contributed by atoms with Crippen LogP contribution in [0.1, 0.15) is 78.2 Å². The van der Waals surface area contributed by atoms with E-state index >= 15 is 0 Å². The Labute approximate surface area is 259 Å². The smallest absolute Gasteiger partial charge is 0.406 e. The Bertz CT molecular complexity index is 1220. The van der Waals surface area contributed by atoms with Gasteiger partial charge in [0.1, 0.15) is 5.75 Å². The molecule has 6 nitrogen and oxygen atoms in total. The van der Waals surface area contributed by atoms with Gasteiger partial charge in [-0.1, -0.05) is 50.2 Å². The molecule has 2 aliphatic rings. The third-order valence-electron chi connectivity index (χ3n) is 8.45. The Balaban J connectivity index is 1.69. The number of carbonyl (C=O) groups is 1. The van der Waals surface area contributed by atoms with Gasteiger partial charge in [0.2, 0.25) is 5.91 Å². The number of ether oxygens (including phenoxy) is 1. The fraction of sp³-hybridized carbons (Fsp3) is 0.576. The van der Waals surface area contributed by atoms with Crippen LogP contribution in [0, 0.1) is 11.8 Å². The van der Waals surface area contributed by atoms with Gasteiger partial charge in [-0.05, 0) is 93.2 Å². The van der Waals surface area contributed by atoms with E-state index < -0.39 is 6.36 Å². The number of allylic oxidation sites excluding steroid dienone is 3. The number of alkyl halides is 3. The molecule has 1 aromatic rings. The van der Waals surface area contributed by atoms with Crippen molar-refractivity contribution >= 4 is 22.7 Å². The highest BCUT2D eigenvalue weighted by molar-refractivity contribution is 8.17. The predicted molar refractivity (Wildman–Crippen MR) is 171 cm³/mol. The fourth-order valence-corrected chi connectivity index (χ4v) is 6.80. The van der Waals surface area contributed by atoms with Gasteiger partial charge in [0.05, 0.1) is 22.5 Å². The lowest BCUT2D eigenvalue weighted by molar-refractivity contribution is -0.274. The van der Waals surface area contributed by atoms with Crippen LogP contribution in [-0.2, 0) is 11.2 Å². The first kappa shape index (κ1) is 34.6. The molecular formula is C33H47F3N4O2S. The summed E-state index contributed by atoms with van der Waals surface area (Å²) in [5.41, 5.74) is 10.5. The fourth-order valence-electron chi connectivity index (χ4n) is 5.76. The summed E-state index contributed by atoms with van der Waals surface area (Å²) in [5, 5.41) is 5.12. The Morgan fingerprint density at radius 3 is 2.56 bits per heavy atom. The summed E-state index contributed by atoms with van der Waals surface area (Å²) in [4.78, 5) is 20.1. The quantitative estimate of drug-likeness (QED) is 0.218. The van der Waals surface area contributed by atoms with E-state index in [1.165, 1.54) is 35.0 Å². The van der Waals surface area contributed by atoms with E-state index in [1.807, 2.05) is 7.05 Å². The van der Waals surface area contributed by atoms with Crippen molar-refractivity contribution in [2.24, 2.45) is 22.6 Å². The maximum absolute atomic E-state index is 13.1. The molecule has 2 unspecified atom stereocenters. The number of thioether (sulfide) groups is 1. The van der Waals surface area contributed by atoms with Gasteiger partial charge in [0.15, 0.2) is 0 Å². The van der Waals surface area contributed by atoms with Crippen LogP contribution in [0.2, 0.25) is 0 Å². The number of halogens is 3. The van der Waals surface area contributed by atoms with Gasteiger partial charge in [-0.15, -0.1) is 13.2 Å². The molecular weight excluding hydrogens is 573 g/mol. The van der Waals surface area contributed by atoms with E-state index in [1.54, 1.807) is 17.8 Å². The predicted octanol–water partition coefficient (Wildman–Crippen LogP) is 7.73. The summed E-state index contributed by atoms with van der Waals surface area (Å²) in [6.07, 6.45) is 6.32. The van der Waals surface area contributed by atoms with Crippen molar-refractivity contribution in [3.05, 3.63) is 63.9 Å². The number of amides is 1. The van der Waals surface area contributed by atoms with Gasteiger partial charge in [-0.3, -0.25) is 9.79 Å². The van der Waals surface area contributed by atoms with E-state index in [9.17, 15) is 18.0 Å². The summed E-state index contributed by atoms with van der Waals surface area (Å²) < 4.78 is 42.0. The minimum atomic E-state index is -4.78. The van der Waals surface area contributed by atoms with Crippen molar-refractivity contribution in [2.75, 3.05) is 20.1 Å². The molecule has 43 heavy (non-hydrogen) atoms. The molecule has 1 aliphatic carbocycles. The molecule has 2 atom stereocenters. The van der Waals surface area contributed by atoms with Crippen molar-refractivity contribution in [3.8, 4) is 5.75 Å². The zero-order valence-corrected chi connectivity index (χ0v) is 26.9. The molecule has 1 aliphatic heterocycles. The van der Waals surface area contributed by atoms with Gasteiger partial charge in [0, 0.05) is 31.8 Å². The summed E-state index contributed by atoms with van der Waals surface area (Å²) in [6.45, 7) is 10.4. The van der Waals surface area contributed by atoms with Crippen LogP contribution < -0.4 is 15.8 Å². The SMILES string of the molecule is CCC(C)=C(N)SC(=NC)C1CCN(C2=C(/C)CCCC(CC)C(NC(=O)Cc3cccc(OC(F)(F)F)c3)/C=C\2)CC1. The van der Waals surface area contributed by atoms with Crippen molar-refractivity contribution < 1.29 is 22.7 Å². The van der Waals surface area contributed by atoms with Crippen LogP contribution in [-0.4, -0.2) is 48.4 Å². The molecule has 3 N–H and O–H groups in total. The number of benzene rings is 1. The molecule has 0 spiro atoms. The number of nitrogens with zero attached hydrogens (tertiary/aromatic N) is 2. The largest absolute Gasteiger partial charge is 0.573 e. The second-order valence-corrected chi connectivity index (χ2v) is 12.5. The second kappa shape index (κ2) is 16.3. The highest BCUT2D eigenvalue weighted by Crippen LogP contribution is 2.32. The van der Waals surface area contributed by atoms with E-state index in [0.717, 1.165) is 68.1 Å². The maximum Gasteiger partial charge on any atom is 0.573 e. The number of aliphatic imine (C=N–C) groups is 1. The van der Waals surface area contributed by atoms with Gasteiger partial charge in [-0.2, -0.15) is 0 Å². The van der Waals surface area contributed by atoms with Gasteiger partial charge < -0.3 is 20.7 Å². The van der Waals surface area contributed by atoms with Crippen LogP contribution in [0.5, 0.6) is 5.75 Å². The van der Waals surface area contributed by atoms with E-state index in [-0.39, 0.29) is 30.0 Å². The number of nitrogens with two attached hydrogens (primary N) is 1. The molecule has 1 heterocycles. The molecule has 1 fully saturated rings. The summed E-state index contributed by atoms with van der Waals surface area (Å²) in [5.74, 6) is 0.0956. The first-order valence-corrected chi connectivity index (χ1v) is 16.1. The first-order valence-electron chi connectivity index (χ1n) is 15.3. The number of carbonyl (C=O) groups excluding carboxylic acids is 1. The van der Waals surface area contributed by atoms with E-state index in [0.29, 0.717) is 11.5 Å². The minimum Gasteiger partial charge on any atom is -0.406 e. The third kappa shape index (κ3) is 10.7. The van der Waals surface area contributed by atoms with Gasteiger partial charge >= 0.3 is 6.36 Å². The van der Waals surface area contributed by atoms with Crippen LogP contribution in [0.4, 0.5) is 13.2 Å². The van der Waals surface area contributed by atoms with Gasteiger partial charge in [0.25, 0.3) is 0 Å². The number of nitrogens with one attached hydrogen (secondary N) is 1. The summed E-state index contributed by atoms with van der Waals surface area (Å²) >= 11 is 1.61. The van der Waals surface area contributed by atoms with Gasteiger partial charge in [-0.25, -0.2) is 0 Å². The number of likely N-dealkylation sites (tertiary alicyclic amines) is 1. The summed E-state index contributed by atoms with van der Waals surface area (Å²) in [6, 6.07) is 5.43. The highest BCUT2D eigenvalue weighted by atomic mass is 32.2. The molecule has 0 saturated carbocycles. The standard InChI is InChI=1S/C33H47F3N4O2S/c1-6-22(3)31(37)43-32(38-5)26-16-18-40(19-17-26)29-15-14-28(25(7-2)12-8-10-23(29)4)39-30(41)21-24-11-9-13-27(20-24)42-33(34,35)36/h9,11,13-15,20,25-26,28H,6-8,10,12,16-19,21,37H2,1-5H3,(H,39,41)/b15-14-,29-23-,31-22?,38-32?. The Morgan fingerprint density at radius 1 is 1.21 bits per heavy atom. The zero-order valence-electron chi connectivity index (χ0n) is 26.1. The number of hydrogen-bond acceptors (Lipinski definition) is 6. The Hall–Kier alpha value is -2.88. The monoisotopic (exact) mass is 620 g/mol. The van der Waals surface area contributed by atoms with Crippen LogP contribution >= 0.6 is 11.8 Å². The average molecular weight is 621 g/mol. The highest BCUT2D eigenvalue weighted by Gasteiger charge is 2.31. The van der Waals surface area contributed by atoms with Crippen molar-refractivity contribution in [1.82, 2.24) is 10.2 Å². The lowest BCUT2D eigenvalue weighted by Crippen LogP contribution is -2.40. The molecule has 0 aromatic heterocycles. The summed E-state index contributed by atoms with van der Waals surface area (Å²) in [7, 11) is 1.85. The topological polar surface area (TPSA) is 80.0 Å². The molecule has 1 saturated heterocycles. The van der Waals surface area contributed by atoms with Crippen LogP contribution in [0.15, 0.2) is 63.3 Å². The molecule has 238 valence electrons. The lowest BCUT2D eigenvalue weighted by Gasteiger charge is -2.35. The number of rotatable bonds is 9. The molecule has 0 bridgehead atoms. The van der Waals surface area contributed by atoms with E-state index in [2.05, 4.69) is 59.8 Å². The van der Waals surface area contributed by atoms with E-state index in [4.69, 9.17) is 5.73 Å². The average Bonchev–Trinajstić information content (AvgIpc) is 3.03. The number of hydrogen-bond donors (Lipinski definition) is 2. The lowest BCUT2D eigenvalue weighted by atomic mass is 9.90. The van der Waals surface area contributed by atoms with Crippen molar-refractivity contribution in [3.63, 3.8) is 0 Å².